The van der Waals surface area contributed by atoms with Crippen molar-refractivity contribution in [1.82, 2.24) is 10.3 Å². The molecule has 1 amide bonds. The zero-order valence-corrected chi connectivity index (χ0v) is 13.0. The molecule has 0 radical (unpaired) electrons. The lowest BCUT2D eigenvalue weighted by Gasteiger charge is -2.17. The van der Waals surface area contributed by atoms with Crippen molar-refractivity contribution in [3.05, 3.63) is 18.3 Å². The van der Waals surface area contributed by atoms with E-state index in [1.54, 1.807) is 13.0 Å². The molecule has 1 heterocycles. The highest BCUT2D eigenvalue weighted by Gasteiger charge is 2.18. The number of anilines is 1. The number of hydrogen-bond donors (Lipinski definition) is 2. The van der Waals surface area contributed by atoms with Gasteiger partial charge >= 0.3 is 0 Å². The standard InChI is InChI=1S/C13H21N3O3S/c1-9(2)8-15-13(17)10(3)16-12-11(20(4,18)19)6-5-7-14-12/h5-7,9-10H,8H2,1-4H3,(H,14,16)(H,15,17). The molecule has 20 heavy (non-hydrogen) atoms. The average Bonchev–Trinajstić information content (AvgIpc) is 2.35. The lowest BCUT2D eigenvalue weighted by molar-refractivity contribution is -0.121. The molecule has 0 aromatic carbocycles. The van der Waals surface area contributed by atoms with E-state index in [-0.39, 0.29) is 16.6 Å². The summed E-state index contributed by atoms with van der Waals surface area (Å²) in [6.45, 7) is 6.24. The molecule has 1 unspecified atom stereocenters. The number of amides is 1. The molecule has 0 aliphatic heterocycles. The van der Waals surface area contributed by atoms with Gasteiger partial charge in [-0.2, -0.15) is 0 Å². The van der Waals surface area contributed by atoms with Crippen LogP contribution in [0.1, 0.15) is 20.8 Å². The zero-order valence-electron chi connectivity index (χ0n) is 12.2. The van der Waals surface area contributed by atoms with Gasteiger partial charge in [-0.15, -0.1) is 0 Å². The van der Waals surface area contributed by atoms with Crippen molar-refractivity contribution in [2.75, 3.05) is 18.1 Å². The van der Waals surface area contributed by atoms with Crippen LogP contribution >= 0.6 is 0 Å². The van der Waals surface area contributed by atoms with Crippen molar-refractivity contribution in [1.29, 1.82) is 0 Å². The molecule has 2 N–H and O–H groups in total. The van der Waals surface area contributed by atoms with E-state index in [0.717, 1.165) is 6.26 Å². The summed E-state index contributed by atoms with van der Waals surface area (Å²) in [4.78, 5) is 15.9. The van der Waals surface area contributed by atoms with Crippen LogP contribution in [0, 0.1) is 5.92 Å². The third kappa shape index (κ3) is 4.80. The number of hydrogen-bond acceptors (Lipinski definition) is 5. The van der Waals surface area contributed by atoms with Crippen molar-refractivity contribution < 1.29 is 13.2 Å². The summed E-state index contributed by atoms with van der Waals surface area (Å²) in [6, 6.07) is 2.44. The number of nitrogens with one attached hydrogen (secondary N) is 2. The maximum absolute atomic E-state index is 11.9. The first-order valence-corrected chi connectivity index (χ1v) is 8.30. The number of carbonyl (C=O) groups is 1. The first-order chi connectivity index (χ1) is 9.21. The SMILES string of the molecule is CC(C)CNC(=O)C(C)Nc1ncccc1S(C)(=O)=O. The summed E-state index contributed by atoms with van der Waals surface area (Å²) < 4.78 is 23.3. The largest absolute Gasteiger partial charge is 0.358 e. The number of sulfone groups is 1. The van der Waals surface area contributed by atoms with Crippen molar-refractivity contribution >= 4 is 21.6 Å². The summed E-state index contributed by atoms with van der Waals surface area (Å²) in [5.41, 5.74) is 0. The summed E-state index contributed by atoms with van der Waals surface area (Å²) >= 11 is 0. The fraction of sp³-hybridized carbons (Fsp3) is 0.538. The fourth-order valence-electron chi connectivity index (χ4n) is 1.53. The maximum Gasteiger partial charge on any atom is 0.242 e. The summed E-state index contributed by atoms with van der Waals surface area (Å²) in [7, 11) is -3.39. The minimum Gasteiger partial charge on any atom is -0.358 e. The molecule has 7 heteroatoms. The molecular weight excluding hydrogens is 278 g/mol. The molecule has 0 aliphatic carbocycles. The van der Waals surface area contributed by atoms with Crippen molar-refractivity contribution in [2.24, 2.45) is 5.92 Å². The van der Waals surface area contributed by atoms with Gasteiger partial charge in [0.25, 0.3) is 0 Å². The van der Waals surface area contributed by atoms with Crippen molar-refractivity contribution in [3.63, 3.8) is 0 Å². The van der Waals surface area contributed by atoms with Gasteiger partial charge in [0.2, 0.25) is 5.91 Å². The first-order valence-electron chi connectivity index (χ1n) is 6.41. The molecule has 1 aromatic rings. The second-order valence-corrected chi connectivity index (χ2v) is 7.11. The second kappa shape index (κ2) is 6.69. The predicted molar refractivity (Wildman–Crippen MR) is 78.3 cm³/mol. The Balaban J connectivity index is 2.81. The molecule has 0 spiro atoms. The third-order valence-corrected chi connectivity index (χ3v) is 3.73. The number of pyridine rings is 1. The highest BCUT2D eigenvalue weighted by Crippen LogP contribution is 2.18. The van der Waals surface area contributed by atoms with Gasteiger partial charge in [-0.05, 0) is 25.0 Å². The van der Waals surface area contributed by atoms with Crippen LogP contribution in [0.15, 0.2) is 23.2 Å². The van der Waals surface area contributed by atoms with E-state index in [0.29, 0.717) is 12.5 Å². The molecule has 1 aromatic heterocycles. The zero-order chi connectivity index (χ0) is 15.3. The van der Waals surface area contributed by atoms with E-state index in [1.807, 2.05) is 13.8 Å². The van der Waals surface area contributed by atoms with Gasteiger partial charge in [0.15, 0.2) is 9.84 Å². The molecule has 6 nitrogen and oxygen atoms in total. The topological polar surface area (TPSA) is 88.2 Å². The van der Waals surface area contributed by atoms with Gasteiger partial charge in [-0.1, -0.05) is 13.8 Å². The predicted octanol–water partition coefficient (Wildman–Crippen LogP) is 1.06. The molecule has 0 bridgehead atoms. The monoisotopic (exact) mass is 299 g/mol. The summed E-state index contributed by atoms with van der Waals surface area (Å²) in [5.74, 6) is 0.360. The molecule has 1 rings (SSSR count). The highest BCUT2D eigenvalue weighted by molar-refractivity contribution is 7.90. The highest BCUT2D eigenvalue weighted by atomic mass is 32.2. The maximum atomic E-state index is 11.9. The summed E-state index contributed by atoms with van der Waals surface area (Å²) in [6.07, 6.45) is 2.59. The Morgan fingerprint density at radius 1 is 1.35 bits per heavy atom. The number of nitrogens with zero attached hydrogens (tertiary/aromatic N) is 1. The quantitative estimate of drug-likeness (QED) is 0.820. The van der Waals surface area contributed by atoms with E-state index in [1.165, 1.54) is 12.3 Å². The van der Waals surface area contributed by atoms with Gasteiger partial charge in [0, 0.05) is 19.0 Å². The molecule has 112 valence electrons. The van der Waals surface area contributed by atoms with Crippen LogP contribution < -0.4 is 10.6 Å². The van der Waals surface area contributed by atoms with Crippen LogP contribution in [-0.4, -0.2) is 38.2 Å². The lowest BCUT2D eigenvalue weighted by atomic mass is 10.2. The van der Waals surface area contributed by atoms with E-state index < -0.39 is 15.9 Å². The van der Waals surface area contributed by atoms with Crippen LogP contribution in [0.25, 0.3) is 0 Å². The molecule has 0 saturated heterocycles. The van der Waals surface area contributed by atoms with Crippen molar-refractivity contribution in [2.45, 2.75) is 31.7 Å². The smallest absolute Gasteiger partial charge is 0.242 e. The van der Waals surface area contributed by atoms with Gasteiger partial charge in [0.1, 0.15) is 16.8 Å². The minimum absolute atomic E-state index is 0.0866. The number of aromatic nitrogens is 1. The van der Waals surface area contributed by atoms with E-state index in [2.05, 4.69) is 15.6 Å². The number of rotatable bonds is 6. The molecule has 0 fully saturated rings. The molecular formula is C13H21N3O3S. The fourth-order valence-corrected chi connectivity index (χ4v) is 2.32. The Kier molecular flexibility index (Phi) is 5.50. The third-order valence-electron chi connectivity index (χ3n) is 2.60. The Bertz CT molecular complexity index is 570. The van der Waals surface area contributed by atoms with Crippen LogP contribution in [0.4, 0.5) is 5.82 Å². The van der Waals surface area contributed by atoms with E-state index in [9.17, 15) is 13.2 Å². The minimum atomic E-state index is -3.39. The Morgan fingerprint density at radius 3 is 2.55 bits per heavy atom. The van der Waals surface area contributed by atoms with Gasteiger partial charge < -0.3 is 10.6 Å². The molecule has 1 atom stereocenters. The Hall–Kier alpha value is -1.63. The van der Waals surface area contributed by atoms with Gasteiger partial charge in [-0.25, -0.2) is 13.4 Å². The average molecular weight is 299 g/mol. The molecule has 0 saturated carbocycles. The number of carbonyl (C=O) groups excluding carboxylic acids is 1. The normalized spacial score (nSPS) is 13.1. The molecule has 0 aliphatic rings. The van der Waals surface area contributed by atoms with Crippen molar-refractivity contribution in [3.8, 4) is 0 Å². The lowest BCUT2D eigenvalue weighted by Crippen LogP contribution is -2.39. The van der Waals surface area contributed by atoms with E-state index >= 15 is 0 Å². The van der Waals surface area contributed by atoms with Crippen LogP contribution in [-0.2, 0) is 14.6 Å². The van der Waals surface area contributed by atoms with Crippen LogP contribution in [0.2, 0.25) is 0 Å². The first kappa shape index (κ1) is 16.4. The van der Waals surface area contributed by atoms with Crippen LogP contribution in [0.5, 0.6) is 0 Å². The van der Waals surface area contributed by atoms with E-state index in [4.69, 9.17) is 0 Å². The van der Waals surface area contributed by atoms with Gasteiger partial charge in [-0.3, -0.25) is 4.79 Å². The second-order valence-electron chi connectivity index (χ2n) is 5.13. The summed E-state index contributed by atoms with van der Waals surface area (Å²) in [5, 5.41) is 5.62. The van der Waals surface area contributed by atoms with Gasteiger partial charge in [0.05, 0.1) is 0 Å². The van der Waals surface area contributed by atoms with Crippen LogP contribution in [0.3, 0.4) is 0 Å². The Labute approximate surface area is 119 Å². The Morgan fingerprint density at radius 2 is 2.00 bits per heavy atom.